The average molecular weight is 399 g/mol. The normalized spacial score (nSPS) is 15.9. The number of hydrogen-bond donors (Lipinski definition) is 0. The number of aromatic nitrogens is 4. The van der Waals surface area contributed by atoms with E-state index in [-0.39, 0.29) is 0 Å². The van der Waals surface area contributed by atoms with Crippen molar-refractivity contribution in [2.75, 3.05) is 38.1 Å². The number of anilines is 1. The number of thiophene rings is 1. The van der Waals surface area contributed by atoms with Crippen LogP contribution >= 0.6 is 22.9 Å². The van der Waals surface area contributed by atoms with Crippen LogP contribution in [0.1, 0.15) is 11.4 Å². The molecule has 0 radical (unpaired) electrons. The first-order chi connectivity index (χ1) is 13.2. The molecule has 0 amide bonds. The van der Waals surface area contributed by atoms with Crippen LogP contribution in [-0.4, -0.2) is 57.7 Å². The van der Waals surface area contributed by atoms with Crippen molar-refractivity contribution in [2.24, 2.45) is 0 Å². The van der Waals surface area contributed by atoms with Gasteiger partial charge in [0.2, 0.25) is 5.65 Å². The van der Waals surface area contributed by atoms with Gasteiger partial charge in [-0.25, -0.2) is 4.98 Å². The molecule has 1 aromatic carbocycles. The first-order valence-corrected chi connectivity index (χ1v) is 10.3. The highest BCUT2D eigenvalue weighted by Gasteiger charge is 2.22. The molecule has 1 aliphatic rings. The summed E-state index contributed by atoms with van der Waals surface area (Å²) >= 11 is 7.98. The maximum Gasteiger partial charge on any atom is 0.204 e. The average Bonchev–Trinajstić information content (AvgIpc) is 3.33. The highest BCUT2D eigenvalue weighted by molar-refractivity contribution is 7.07. The molecule has 1 aliphatic heterocycles. The Balaban J connectivity index is 1.71. The lowest BCUT2D eigenvalue weighted by molar-refractivity contribution is 0.312. The van der Waals surface area contributed by atoms with Gasteiger partial charge in [-0.1, -0.05) is 11.6 Å². The Hall–Kier alpha value is -2.22. The van der Waals surface area contributed by atoms with Crippen LogP contribution in [-0.2, 0) is 6.42 Å². The fourth-order valence-electron chi connectivity index (χ4n) is 3.57. The van der Waals surface area contributed by atoms with Gasteiger partial charge in [0.1, 0.15) is 5.82 Å². The fraction of sp³-hybridized carbons (Fsp3) is 0.316. The molecule has 0 unspecified atom stereocenters. The molecule has 5 rings (SSSR count). The Morgan fingerprint density at radius 2 is 1.96 bits per heavy atom. The molecule has 0 N–H and O–H groups in total. The van der Waals surface area contributed by atoms with Crippen molar-refractivity contribution in [2.45, 2.75) is 6.42 Å². The van der Waals surface area contributed by atoms with Gasteiger partial charge in [-0.05, 0) is 47.6 Å². The van der Waals surface area contributed by atoms with Crippen LogP contribution in [0.3, 0.4) is 0 Å². The second-order valence-electron chi connectivity index (χ2n) is 6.94. The molecule has 0 saturated carbocycles. The largest absolute Gasteiger partial charge is 0.351 e. The summed E-state index contributed by atoms with van der Waals surface area (Å²) in [5.74, 6) is 1.82. The van der Waals surface area contributed by atoms with Gasteiger partial charge in [0.25, 0.3) is 0 Å². The van der Waals surface area contributed by atoms with Gasteiger partial charge >= 0.3 is 0 Å². The van der Waals surface area contributed by atoms with E-state index in [0.29, 0.717) is 5.02 Å². The van der Waals surface area contributed by atoms with E-state index >= 15 is 0 Å². The van der Waals surface area contributed by atoms with E-state index < -0.39 is 0 Å². The Kier molecular flexibility index (Phi) is 4.22. The summed E-state index contributed by atoms with van der Waals surface area (Å²) in [6, 6.07) is 7.94. The van der Waals surface area contributed by atoms with Gasteiger partial charge in [0, 0.05) is 37.6 Å². The molecule has 4 heterocycles. The Morgan fingerprint density at radius 1 is 1.11 bits per heavy atom. The van der Waals surface area contributed by atoms with Crippen LogP contribution in [0, 0.1) is 0 Å². The number of likely N-dealkylation sites (N-methyl/N-ethyl adjacent to an activating group) is 1. The number of nitrogens with zero attached hydrogens (tertiary/aromatic N) is 6. The predicted molar refractivity (Wildman–Crippen MR) is 110 cm³/mol. The third-order valence-corrected chi connectivity index (χ3v) is 6.05. The molecule has 0 aliphatic carbocycles. The SMILES string of the molecule is CN1CCN(c2nc3ccc(Cl)cc3n3c(Cc4ccsc4)nnc23)CC1. The smallest absolute Gasteiger partial charge is 0.204 e. The minimum Gasteiger partial charge on any atom is -0.351 e. The second kappa shape index (κ2) is 6.74. The molecule has 8 heteroatoms. The lowest BCUT2D eigenvalue weighted by atomic mass is 10.2. The topological polar surface area (TPSA) is 49.6 Å². The molecule has 1 saturated heterocycles. The van der Waals surface area contributed by atoms with E-state index in [1.54, 1.807) is 11.3 Å². The summed E-state index contributed by atoms with van der Waals surface area (Å²) in [7, 11) is 2.15. The van der Waals surface area contributed by atoms with Crippen molar-refractivity contribution in [1.29, 1.82) is 0 Å². The first kappa shape index (κ1) is 16.9. The van der Waals surface area contributed by atoms with Crippen molar-refractivity contribution in [3.63, 3.8) is 0 Å². The van der Waals surface area contributed by atoms with Crippen molar-refractivity contribution >= 4 is 45.4 Å². The van der Waals surface area contributed by atoms with E-state index in [1.165, 1.54) is 5.56 Å². The molecule has 4 aromatic rings. The standard InChI is InChI=1S/C19H19ClN6S/c1-24-5-7-25(8-6-24)18-19-23-22-17(10-13-4-9-27-12-13)26(19)16-11-14(20)2-3-15(16)21-18/h2-4,9,11-12H,5-8,10H2,1H3. The van der Waals surface area contributed by atoms with Gasteiger partial charge < -0.3 is 9.80 Å². The molecular formula is C19H19ClN6S. The van der Waals surface area contributed by atoms with Gasteiger partial charge in [-0.3, -0.25) is 4.40 Å². The summed E-state index contributed by atoms with van der Waals surface area (Å²) in [5, 5.41) is 14.0. The van der Waals surface area contributed by atoms with Crippen LogP contribution in [0.25, 0.3) is 16.7 Å². The molecule has 138 valence electrons. The number of halogens is 1. The lowest BCUT2D eigenvalue weighted by Gasteiger charge is -2.33. The van der Waals surface area contributed by atoms with Crippen LogP contribution in [0.15, 0.2) is 35.0 Å². The summed E-state index contributed by atoms with van der Waals surface area (Å²) in [6.07, 6.45) is 0.735. The van der Waals surface area contributed by atoms with Gasteiger partial charge in [0.15, 0.2) is 5.82 Å². The minimum absolute atomic E-state index is 0.688. The maximum atomic E-state index is 6.29. The Morgan fingerprint density at radius 3 is 2.74 bits per heavy atom. The number of fused-ring (bicyclic) bond motifs is 3. The zero-order valence-corrected chi connectivity index (χ0v) is 16.5. The number of piperazine rings is 1. The minimum atomic E-state index is 0.688. The third-order valence-electron chi connectivity index (χ3n) is 5.08. The monoisotopic (exact) mass is 398 g/mol. The highest BCUT2D eigenvalue weighted by Crippen LogP contribution is 2.28. The molecule has 0 bridgehead atoms. The predicted octanol–water partition coefficient (Wildman–Crippen LogP) is 3.34. The van der Waals surface area contributed by atoms with Crippen molar-refractivity contribution in [3.8, 4) is 0 Å². The van der Waals surface area contributed by atoms with E-state index in [4.69, 9.17) is 16.6 Å². The van der Waals surface area contributed by atoms with E-state index in [0.717, 1.165) is 60.9 Å². The lowest BCUT2D eigenvalue weighted by Crippen LogP contribution is -2.45. The van der Waals surface area contributed by atoms with Crippen molar-refractivity contribution in [1.82, 2.24) is 24.5 Å². The number of hydrogen-bond acceptors (Lipinski definition) is 6. The maximum absolute atomic E-state index is 6.29. The summed E-state index contributed by atoms with van der Waals surface area (Å²) in [5.41, 5.74) is 3.90. The molecular weight excluding hydrogens is 380 g/mol. The molecule has 0 spiro atoms. The molecule has 3 aromatic heterocycles. The van der Waals surface area contributed by atoms with E-state index in [9.17, 15) is 0 Å². The first-order valence-electron chi connectivity index (χ1n) is 8.97. The van der Waals surface area contributed by atoms with Crippen LogP contribution in [0.4, 0.5) is 5.82 Å². The Bertz CT molecular complexity index is 1100. The highest BCUT2D eigenvalue weighted by atomic mass is 35.5. The summed E-state index contributed by atoms with van der Waals surface area (Å²) in [4.78, 5) is 9.58. The molecule has 27 heavy (non-hydrogen) atoms. The van der Waals surface area contributed by atoms with Crippen molar-refractivity contribution < 1.29 is 0 Å². The van der Waals surface area contributed by atoms with Gasteiger partial charge in [0.05, 0.1) is 11.0 Å². The van der Waals surface area contributed by atoms with E-state index in [1.807, 2.05) is 18.2 Å². The molecule has 6 nitrogen and oxygen atoms in total. The third kappa shape index (κ3) is 3.05. The zero-order valence-electron chi connectivity index (χ0n) is 15.0. The Labute approximate surface area is 166 Å². The number of benzene rings is 1. The fourth-order valence-corrected chi connectivity index (χ4v) is 4.40. The van der Waals surface area contributed by atoms with Gasteiger partial charge in [-0.2, -0.15) is 11.3 Å². The summed E-state index contributed by atoms with van der Waals surface area (Å²) in [6.45, 7) is 3.90. The van der Waals surface area contributed by atoms with Crippen LogP contribution < -0.4 is 4.90 Å². The number of rotatable bonds is 3. The zero-order chi connectivity index (χ0) is 18.4. The van der Waals surface area contributed by atoms with Crippen LogP contribution in [0.2, 0.25) is 5.02 Å². The van der Waals surface area contributed by atoms with Gasteiger partial charge in [-0.15, -0.1) is 10.2 Å². The molecule has 1 fully saturated rings. The quantitative estimate of drug-likeness (QED) is 0.529. The molecule has 0 atom stereocenters. The van der Waals surface area contributed by atoms with Crippen molar-refractivity contribution in [3.05, 3.63) is 51.4 Å². The second-order valence-corrected chi connectivity index (χ2v) is 8.16. The van der Waals surface area contributed by atoms with E-state index in [2.05, 4.69) is 48.3 Å². The van der Waals surface area contributed by atoms with Crippen LogP contribution in [0.5, 0.6) is 0 Å². The summed E-state index contributed by atoms with van der Waals surface area (Å²) < 4.78 is 2.12.